The summed E-state index contributed by atoms with van der Waals surface area (Å²) in [5.74, 6) is 0.569. The SMILES string of the molecule is C=Cc1ccc2cc(CCl)ccc2c1. The van der Waals surface area contributed by atoms with Crippen LogP contribution in [0, 0.1) is 0 Å². The van der Waals surface area contributed by atoms with E-state index in [4.69, 9.17) is 11.6 Å². The molecule has 0 aliphatic rings. The molecule has 1 heteroatoms. The second-order valence-corrected chi connectivity index (χ2v) is 3.55. The van der Waals surface area contributed by atoms with Gasteiger partial charge in [-0.15, -0.1) is 11.6 Å². The minimum Gasteiger partial charge on any atom is -0.122 e. The van der Waals surface area contributed by atoms with Crippen LogP contribution < -0.4 is 0 Å². The van der Waals surface area contributed by atoms with Crippen LogP contribution in [0.15, 0.2) is 43.0 Å². The normalized spacial score (nSPS) is 10.4. The van der Waals surface area contributed by atoms with Gasteiger partial charge in [0.2, 0.25) is 0 Å². The van der Waals surface area contributed by atoms with E-state index in [1.807, 2.05) is 6.08 Å². The molecule has 2 aromatic carbocycles. The predicted octanol–water partition coefficient (Wildman–Crippen LogP) is 4.22. The van der Waals surface area contributed by atoms with Crippen molar-refractivity contribution in [3.63, 3.8) is 0 Å². The highest BCUT2D eigenvalue weighted by Crippen LogP contribution is 2.19. The zero-order valence-corrected chi connectivity index (χ0v) is 8.59. The van der Waals surface area contributed by atoms with Crippen LogP contribution in [0.4, 0.5) is 0 Å². The molecule has 0 bridgehead atoms. The maximum absolute atomic E-state index is 5.77. The number of halogens is 1. The lowest BCUT2D eigenvalue weighted by Gasteiger charge is -2.01. The quantitative estimate of drug-likeness (QED) is 0.640. The molecule has 0 amide bonds. The van der Waals surface area contributed by atoms with Crippen LogP contribution in [0.2, 0.25) is 0 Å². The molecule has 0 fully saturated rings. The molecule has 0 radical (unpaired) electrons. The van der Waals surface area contributed by atoms with Crippen molar-refractivity contribution < 1.29 is 0 Å². The van der Waals surface area contributed by atoms with E-state index in [1.165, 1.54) is 10.8 Å². The Hall–Kier alpha value is -1.27. The maximum Gasteiger partial charge on any atom is 0.0474 e. The summed E-state index contributed by atoms with van der Waals surface area (Å²) in [6.07, 6.45) is 1.86. The van der Waals surface area contributed by atoms with Crippen molar-refractivity contribution in [3.8, 4) is 0 Å². The second-order valence-electron chi connectivity index (χ2n) is 3.28. The van der Waals surface area contributed by atoms with Gasteiger partial charge in [-0.2, -0.15) is 0 Å². The predicted molar refractivity (Wildman–Crippen MR) is 63.6 cm³/mol. The topological polar surface area (TPSA) is 0 Å². The molecule has 2 aromatic rings. The average molecular weight is 203 g/mol. The monoisotopic (exact) mass is 202 g/mol. The Morgan fingerprint density at radius 1 is 1.07 bits per heavy atom. The van der Waals surface area contributed by atoms with E-state index in [0.29, 0.717) is 5.88 Å². The summed E-state index contributed by atoms with van der Waals surface area (Å²) >= 11 is 5.77. The zero-order valence-electron chi connectivity index (χ0n) is 7.83. The van der Waals surface area contributed by atoms with Crippen LogP contribution in [0.1, 0.15) is 11.1 Å². The number of hydrogen-bond acceptors (Lipinski definition) is 0. The minimum atomic E-state index is 0.569. The van der Waals surface area contributed by atoms with Crippen molar-refractivity contribution in [2.45, 2.75) is 5.88 Å². The summed E-state index contributed by atoms with van der Waals surface area (Å²) in [6.45, 7) is 3.75. The summed E-state index contributed by atoms with van der Waals surface area (Å²) in [5, 5.41) is 2.46. The van der Waals surface area contributed by atoms with Gasteiger partial charge in [0.1, 0.15) is 0 Å². The first-order valence-electron chi connectivity index (χ1n) is 4.54. The Balaban J connectivity index is 2.63. The van der Waals surface area contributed by atoms with Gasteiger partial charge in [-0.1, -0.05) is 36.9 Å². The van der Waals surface area contributed by atoms with Crippen molar-refractivity contribution in [2.75, 3.05) is 0 Å². The first kappa shape index (κ1) is 9.29. The van der Waals surface area contributed by atoms with Crippen molar-refractivity contribution >= 4 is 28.4 Å². The van der Waals surface area contributed by atoms with Crippen molar-refractivity contribution in [3.05, 3.63) is 54.1 Å². The molecule has 0 aliphatic heterocycles. The van der Waals surface area contributed by atoms with Gasteiger partial charge in [-0.3, -0.25) is 0 Å². The standard InChI is InChI=1S/C13H11Cl/c1-2-10-3-5-13-8-11(9-14)4-6-12(13)7-10/h2-8H,1,9H2. The van der Waals surface area contributed by atoms with Crippen LogP contribution in [-0.4, -0.2) is 0 Å². The van der Waals surface area contributed by atoms with E-state index >= 15 is 0 Å². The van der Waals surface area contributed by atoms with Crippen LogP contribution in [-0.2, 0) is 5.88 Å². The molecule has 0 nitrogen and oxygen atoms in total. The van der Waals surface area contributed by atoms with E-state index < -0.39 is 0 Å². The Bertz CT molecular complexity index is 472. The third-order valence-corrected chi connectivity index (χ3v) is 2.63. The highest BCUT2D eigenvalue weighted by molar-refractivity contribution is 6.17. The summed E-state index contributed by atoms with van der Waals surface area (Å²) in [4.78, 5) is 0. The molecule has 0 saturated carbocycles. The molecule has 0 saturated heterocycles. The molecule has 0 unspecified atom stereocenters. The fourth-order valence-electron chi connectivity index (χ4n) is 1.52. The third-order valence-electron chi connectivity index (χ3n) is 2.32. The molecule has 0 aliphatic carbocycles. The lowest BCUT2D eigenvalue weighted by Crippen LogP contribution is -1.79. The number of fused-ring (bicyclic) bond motifs is 1. The van der Waals surface area contributed by atoms with Crippen LogP contribution >= 0.6 is 11.6 Å². The smallest absolute Gasteiger partial charge is 0.0474 e. The highest BCUT2D eigenvalue weighted by atomic mass is 35.5. The van der Waals surface area contributed by atoms with Gasteiger partial charge in [0.05, 0.1) is 0 Å². The highest BCUT2D eigenvalue weighted by Gasteiger charge is 1.96. The largest absolute Gasteiger partial charge is 0.122 e. The Kier molecular flexibility index (Phi) is 2.55. The van der Waals surface area contributed by atoms with Gasteiger partial charge < -0.3 is 0 Å². The van der Waals surface area contributed by atoms with Gasteiger partial charge in [-0.25, -0.2) is 0 Å². The number of rotatable bonds is 2. The zero-order chi connectivity index (χ0) is 9.97. The first-order chi connectivity index (χ1) is 6.83. The minimum absolute atomic E-state index is 0.569. The van der Waals surface area contributed by atoms with Crippen molar-refractivity contribution in [1.29, 1.82) is 0 Å². The summed E-state index contributed by atoms with van der Waals surface area (Å²) in [7, 11) is 0. The third kappa shape index (κ3) is 1.66. The Labute approximate surface area is 88.8 Å². The van der Waals surface area contributed by atoms with E-state index in [-0.39, 0.29) is 0 Å². The number of benzene rings is 2. The number of alkyl halides is 1. The molecule has 0 N–H and O–H groups in total. The van der Waals surface area contributed by atoms with Gasteiger partial charge in [-0.05, 0) is 34.0 Å². The molecule has 0 spiro atoms. The second kappa shape index (κ2) is 3.85. The summed E-state index contributed by atoms with van der Waals surface area (Å²) in [5.41, 5.74) is 2.31. The molecule has 0 atom stereocenters. The molecule has 2 rings (SSSR count). The Morgan fingerprint density at radius 2 is 1.79 bits per heavy atom. The van der Waals surface area contributed by atoms with Crippen LogP contribution in [0.25, 0.3) is 16.8 Å². The molecular formula is C13H11Cl. The fraction of sp³-hybridized carbons (Fsp3) is 0.0769. The lowest BCUT2D eigenvalue weighted by molar-refractivity contribution is 1.43. The molecule has 14 heavy (non-hydrogen) atoms. The van der Waals surface area contributed by atoms with E-state index in [0.717, 1.165) is 11.1 Å². The fourth-order valence-corrected chi connectivity index (χ4v) is 1.69. The summed E-state index contributed by atoms with van der Waals surface area (Å²) in [6, 6.07) is 12.6. The van der Waals surface area contributed by atoms with Crippen LogP contribution in [0.5, 0.6) is 0 Å². The Morgan fingerprint density at radius 3 is 2.50 bits per heavy atom. The van der Waals surface area contributed by atoms with Crippen molar-refractivity contribution in [1.82, 2.24) is 0 Å². The van der Waals surface area contributed by atoms with Crippen molar-refractivity contribution in [2.24, 2.45) is 0 Å². The molecule has 0 aromatic heterocycles. The average Bonchev–Trinajstić information content (AvgIpc) is 2.27. The lowest BCUT2D eigenvalue weighted by atomic mass is 10.0. The van der Waals surface area contributed by atoms with Gasteiger partial charge >= 0.3 is 0 Å². The van der Waals surface area contributed by atoms with E-state index in [9.17, 15) is 0 Å². The van der Waals surface area contributed by atoms with Gasteiger partial charge in [0.25, 0.3) is 0 Å². The maximum atomic E-state index is 5.77. The van der Waals surface area contributed by atoms with E-state index in [1.54, 1.807) is 0 Å². The number of hydrogen-bond donors (Lipinski definition) is 0. The van der Waals surface area contributed by atoms with Crippen LogP contribution in [0.3, 0.4) is 0 Å². The van der Waals surface area contributed by atoms with Gasteiger partial charge in [0, 0.05) is 5.88 Å². The first-order valence-corrected chi connectivity index (χ1v) is 5.08. The summed E-state index contributed by atoms with van der Waals surface area (Å²) < 4.78 is 0. The molecular weight excluding hydrogens is 192 g/mol. The molecule has 0 heterocycles. The molecule has 70 valence electrons. The van der Waals surface area contributed by atoms with Gasteiger partial charge in [0.15, 0.2) is 0 Å². The van der Waals surface area contributed by atoms with E-state index in [2.05, 4.69) is 43.0 Å².